The summed E-state index contributed by atoms with van der Waals surface area (Å²) in [4.78, 5) is 29.5. The van der Waals surface area contributed by atoms with Crippen LogP contribution in [0.2, 0.25) is 0 Å². The summed E-state index contributed by atoms with van der Waals surface area (Å²) in [5.41, 5.74) is 0.923. The number of amides is 2. The molecule has 0 radical (unpaired) electrons. The van der Waals surface area contributed by atoms with Crippen LogP contribution in [-0.4, -0.2) is 23.6 Å². The summed E-state index contributed by atoms with van der Waals surface area (Å²) in [5, 5.41) is 5.78. The van der Waals surface area contributed by atoms with E-state index < -0.39 is 29.2 Å². The Labute approximate surface area is 210 Å². The first kappa shape index (κ1) is 25.7. The van der Waals surface area contributed by atoms with Crippen molar-refractivity contribution in [3.63, 3.8) is 0 Å². The molecule has 0 atom stereocenters. The maximum atomic E-state index is 13.7. The lowest BCUT2D eigenvalue weighted by Crippen LogP contribution is -2.20. The van der Waals surface area contributed by atoms with Gasteiger partial charge < -0.3 is 15.4 Å². The number of hydrogen-bond acceptors (Lipinski definition) is 5. The van der Waals surface area contributed by atoms with E-state index in [2.05, 4.69) is 15.6 Å². The van der Waals surface area contributed by atoms with Crippen LogP contribution in [0.25, 0.3) is 10.4 Å². The zero-order valence-electron chi connectivity index (χ0n) is 19.7. The van der Waals surface area contributed by atoms with Crippen LogP contribution in [0.15, 0.2) is 42.6 Å². The number of carbonyl (C=O) groups excluding carboxylic acids is 2. The fourth-order valence-electron chi connectivity index (χ4n) is 4.30. The van der Waals surface area contributed by atoms with Crippen molar-refractivity contribution in [3.05, 3.63) is 65.1 Å². The molecule has 2 aromatic carbocycles. The summed E-state index contributed by atoms with van der Waals surface area (Å²) in [6.07, 6.45) is 6.27. The molecule has 1 aromatic heterocycles. The van der Waals surface area contributed by atoms with E-state index in [9.17, 15) is 22.8 Å². The number of hydrogen-bond donors (Lipinski definition) is 2. The van der Waals surface area contributed by atoms with Crippen molar-refractivity contribution in [3.8, 4) is 10.4 Å². The highest BCUT2D eigenvalue weighted by Crippen LogP contribution is 2.40. The number of ether oxygens (including phenoxy) is 1. The molecule has 0 spiro atoms. The van der Waals surface area contributed by atoms with Gasteiger partial charge in [-0.1, -0.05) is 12.1 Å². The topological polar surface area (TPSA) is 80.3 Å². The molecule has 1 saturated carbocycles. The number of esters is 1. The number of carbonyl (C=O) groups is 2. The third kappa shape index (κ3) is 6.42. The van der Waals surface area contributed by atoms with Crippen LogP contribution in [0, 0.1) is 23.4 Å². The molecule has 2 amide bonds. The smallest absolute Gasteiger partial charge is 0.323 e. The number of urea groups is 1. The number of rotatable bonds is 7. The van der Waals surface area contributed by atoms with Crippen LogP contribution in [0.5, 0.6) is 0 Å². The number of halogens is 3. The first-order valence-electron chi connectivity index (χ1n) is 11.8. The van der Waals surface area contributed by atoms with Gasteiger partial charge in [0.15, 0.2) is 11.6 Å². The summed E-state index contributed by atoms with van der Waals surface area (Å²) in [5.74, 6) is -3.04. The van der Waals surface area contributed by atoms with E-state index in [4.69, 9.17) is 4.74 Å². The SMILES string of the molecule is CCOC(=O)CC1CCC(c2ncc(-c3ccc(NC(=O)Nc4cc(F)c(F)cc4F)cc3)s2)CC1. The van der Waals surface area contributed by atoms with Crippen molar-refractivity contribution in [1.82, 2.24) is 4.98 Å². The lowest BCUT2D eigenvalue weighted by Gasteiger charge is -2.26. The quantitative estimate of drug-likeness (QED) is 0.259. The van der Waals surface area contributed by atoms with Crippen molar-refractivity contribution in [2.45, 2.75) is 44.9 Å². The highest BCUT2D eigenvalue weighted by atomic mass is 32.1. The predicted molar refractivity (Wildman–Crippen MR) is 132 cm³/mol. The van der Waals surface area contributed by atoms with Gasteiger partial charge in [0.2, 0.25) is 0 Å². The van der Waals surface area contributed by atoms with E-state index in [0.717, 1.165) is 41.1 Å². The Bertz CT molecular complexity index is 1220. The lowest BCUT2D eigenvalue weighted by atomic mass is 9.81. The van der Waals surface area contributed by atoms with E-state index >= 15 is 0 Å². The maximum Gasteiger partial charge on any atom is 0.323 e. The summed E-state index contributed by atoms with van der Waals surface area (Å²) in [7, 11) is 0. The molecule has 3 aromatic rings. The highest BCUT2D eigenvalue weighted by molar-refractivity contribution is 7.15. The largest absolute Gasteiger partial charge is 0.466 e. The van der Waals surface area contributed by atoms with Gasteiger partial charge in [-0.15, -0.1) is 11.3 Å². The second kappa shape index (κ2) is 11.6. The van der Waals surface area contributed by atoms with Crippen molar-refractivity contribution in [2.75, 3.05) is 17.2 Å². The van der Waals surface area contributed by atoms with Crippen molar-refractivity contribution >= 4 is 34.7 Å². The molecule has 1 aliphatic rings. The summed E-state index contributed by atoms with van der Waals surface area (Å²) in [6, 6.07) is 7.22. The fraction of sp³-hybridized carbons (Fsp3) is 0.346. The van der Waals surface area contributed by atoms with Gasteiger partial charge in [0.1, 0.15) is 5.82 Å². The molecule has 36 heavy (non-hydrogen) atoms. The lowest BCUT2D eigenvalue weighted by molar-refractivity contribution is -0.144. The van der Waals surface area contributed by atoms with Gasteiger partial charge in [-0.2, -0.15) is 0 Å². The van der Waals surface area contributed by atoms with Gasteiger partial charge >= 0.3 is 12.0 Å². The summed E-state index contributed by atoms with van der Waals surface area (Å²) < 4.78 is 45.2. The number of anilines is 2. The van der Waals surface area contributed by atoms with Crippen LogP contribution in [0.1, 0.15) is 50.0 Å². The van der Waals surface area contributed by atoms with Gasteiger partial charge in [0, 0.05) is 36.4 Å². The number of nitrogens with one attached hydrogen (secondary N) is 2. The second-order valence-corrected chi connectivity index (χ2v) is 9.75. The molecule has 0 saturated heterocycles. The second-order valence-electron chi connectivity index (χ2n) is 8.69. The Morgan fingerprint density at radius 1 is 1.00 bits per heavy atom. The molecule has 190 valence electrons. The van der Waals surface area contributed by atoms with Gasteiger partial charge in [-0.3, -0.25) is 4.79 Å². The van der Waals surface area contributed by atoms with Crippen molar-refractivity contribution < 1.29 is 27.5 Å². The van der Waals surface area contributed by atoms with Crippen LogP contribution in [-0.2, 0) is 9.53 Å². The molecule has 1 heterocycles. The number of thiazole rings is 1. The van der Waals surface area contributed by atoms with E-state index in [1.165, 1.54) is 0 Å². The maximum absolute atomic E-state index is 13.7. The minimum Gasteiger partial charge on any atom is -0.466 e. The average molecular weight is 518 g/mol. The molecule has 2 N–H and O–H groups in total. The number of benzene rings is 2. The van der Waals surface area contributed by atoms with E-state index in [0.29, 0.717) is 42.7 Å². The van der Waals surface area contributed by atoms with E-state index in [-0.39, 0.29) is 5.97 Å². The van der Waals surface area contributed by atoms with Crippen LogP contribution in [0.3, 0.4) is 0 Å². The first-order chi connectivity index (χ1) is 17.3. The Kier molecular flexibility index (Phi) is 8.25. The van der Waals surface area contributed by atoms with Crippen molar-refractivity contribution in [1.29, 1.82) is 0 Å². The molecule has 6 nitrogen and oxygen atoms in total. The van der Waals surface area contributed by atoms with Crippen LogP contribution in [0.4, 0.5) is 29.3 Å². The summed E-state index contributed by atoms with van der Waals surface area (Å²) in [6.45, 7) is 2.23. The Hall–Kier alpha value is -3.40. The summed E-state index contributed by atoms with van der Waals surface area (Å²) >= 11 is 1.63. The third-order valence-corrected chi connectivity index (χ3v) is 7.37. The van der Waals surface area contributed by atoms with Gasteiger partial charge in [0.25, 0.3) is 0 Å². The number of nitrogens with zero attached hydrogens (tertiary/aromatic N) is 1. The first-order valence-corrected chi connectivity index (χ1v) is 12.6. The minimum atomic E-state index is -1.33. The normalized spacial score (nSPS) is 17.4. The fourth-order valence-corrected chi connectivity index (χ4v) is 5.39. The van der Waals surface area contributed by atoms with Crippen LogP contribution < -0.4 is 10.6 Å². The standard InChI is InChI=1S/C26H26F3N3O3S/c1-2-35-24(33)11-15-3-5-17(6-4-15)25-30-14-23(36-25)16-7-9-18(10-8-16)31-26(34)32-22-13-20(28)19(27)12-21(22)29/h7-10,12-15,17H,2-6,11H2,1H3,(H2,31,32,34). The monoisotopic (exact) mass is 517 g/mol. The van der Waals surface area contributed by atoms with Gasteiger partial charge in [-0.25, -0.2) is 22.9 Å². The zero-order valence-corrected chi connectivity index (χ0v) is 20.5. The highest BCUT2D eigenvalue weighted by Gasteiger charge is 2.26. The molecule has 10 heteroatoms. The van der Waals surface area contributed by atoms with Crippen LogP contribution >= 0.6 is 11.3 Å². The average Bonchev–Trinajstić information content (AvgIpc) is 3.34. The number of aromatic nitrogens is 1. The Morgan fingerprint density at radius 2 is 1.69 bits per heavy atom. The molecule has 0 aliphatic heterocycles. The minimum absolute atomic E-state index is 0.121. The molecule has 0 unspecified atom stereocenters. The molecule has 0 bridgehead atoms. The van der Waals surface area contributed by atoms with Gasteiger partial charge in [0.05, 0.1) is 22.2 Å². The Morgan fingerprint density at radius 3 is 2.39 bits per heavy atom. The third-order valence-electron chi connectivity index (χ3n) is 6.17. The molecule has 1 fully saturated rings. The Balaban J connectivity index is 1.31. The van der Waals surface area contributed by atoms with E-state index in [1.807, 2.05) is 25.3 Å². The molecular weight excluding hydrogens is 491 g/mol. The molecule has 1 aliphatic carbocycles. The predicted octanol–water partition coefficient (Wildman–Crippen LogP) is 7.10. The van der Waals surface area contributed by atoms with E-state index in [1.54, 1.807) is 23.5 Å². The zero-order chi connectivity index (χ0) is 25.7. The van der Waals surface area contributed by atoms with Crippen molar-refractivity contribution in [2.24, 2.45) is 5.92 Å². The van der Waals surface area contributed by atoms with Gasteiger partial charge in [-0.05, 0) is 56.2 Å². The molecular formula is C26H26F3N3O3S. The molecule has 4 rings (SSSR count).